The van der Waals surface area contributed by atoms with E-state index in [1.165, 1.54) is 24.5 Å². The van der Waals surface area contributed by atoms with Gasteiger partial charge in [-0.3, -0.25) is 0 Å². The standard InChI is InChI=1S/C26H25FO/c1-3-5-6-20-9-14-23(15-10-20)25-18-13-22(19-26(25)27)8-7-21-11-16-24(17-12-21)28-4-2/h9-19H,3-6H2,1-2H3. The van der Waals surface area contributed by atoms with Crippen molar-refractivity contribution in [3.8, 4) is 28.7 Å². The van der Waals surface area contributed by atoms with Gasteiger partial charge in [-0.1, -0.05) is 55.5 Å². The number of unbranched alkanes of at least 4 members (excludes halogenated alkanes) is 1. The minimum absolute atomic E-state index is 0.250. The normalized spacial score (nSPS) is 10.2. The van der Waals surface area contributed by atoms with Crippen molar-refractivity contribution in [2.45, 2.75) is 33.1 Å². The summed E-state index contributed by atoms with van der Waals surface area (Å²) in [5.41, 5.74) is 4.33. The van der Waals surface area contributed by atoms with E-state index in [0.717, 1.165) is 23.3 Å². The first-order valence-corrected chi connectivity index (χ1v) is 9.83. The van der Waals surface area contributed by atoms with Gasteiger partial charge in [0.05, 0.1) is 6.61 Å². The molecule has 0 fully saturated rings. The maximum atomic E-state index is 14.6. The zero-order chi connectivity index (χ0) is 19.8. The summed E-state index contributed by atoms with van der Waals surface area (Å²) in [6.45, 7) is 4.77. The van der Waals surface area contributed by atoms with Gasteiger partial charge in [0.2, 0.25) is 0 Å². The second-order valence-electron chi connectivity index (χ2n) is 6.70. The molecular weight excluding hydrogens is 347 g/mol. The van der Waals surface area contributed by atoms with Crippen LogP contribution in [0.15, 0.2) is 66.7 Å². The van der Waals surface area contributed by atoms with Crippen molar-refractivity contribution in [1.29, 1.82) is 0 Å². The lowest BCUT2D eigenvalue weighted by molar-refractivity contribution is 0.340. The van der Waals surface area contributed by atoms with Gasteiger partial charge in [0, 0.05) is 16.7 Å². The smallest absolute Gasteiger partial charge is 0.132 e. The van der Waals surface area contributed by atoms with E-state index in [9.17, 15) is 4.39 Å². The second-order valence-corrected chi connectivity index (χ2v) is 6.70. The van der Waals surface area contributed by atoms with Crippen molar-refractivity contribution in [3.05, 3.63) is 89.2 Å². The Morgan fingerprint density at radius 3 is 2.14 bits per heavy atom. The predicted molar refractivity (Wildman–Crippen MR) is 114 cm³/mol. The Bertz CT molecular complexity index is 960. The fourth-order valence-electron chi connectivity index (χ4n) is 3.00. The van der Waals surface area contributed by atoms with Crippen LogP contribution in [0, 0.1) is 17.7 Å². The molecule has 0 heterocycles. The quantitative estimate of drug-likeness (QED) is 0.441. The molecule has 0 bridgehead atoms. The first-order chi connectivity index (χ1) is 13.7. The number of rotatable bonds is 6. The molecule has 0 radical (unpaired) electrons. The number of aryl methyl sites for hydroxylation is 1. The van der Waals surface area contributed by atoms with Crippen LogP contribution in [0.1, 0.15) is 43.4 Å². The maximum Gasteiger partial charge on any atom is 0.132 e. The summed E-state index contributed by atoms with van der Waals surface area (Å²) in [5, 5.41) is 0. The molecule has 28 heavy (non-hydrogen) atoms. The van der Waals surface area contributed by atoms with Crippen LogP contribution in [0.3, 0.4) is 0 Å². The van der Waals surface area contributed by atoms with E-state index in [2.05, 4.69) is 30.9 Å². The number of hydrogen-bond acceptors (Lipinski definition) is 1. The van der Waals surface area contributed by atoms with Gasteiger partial charge in [0.25, 0.3) is 0 Å². The van der Waals surface area contributed by atoms with E-state index in [4.69, 9.17) is 4.74 Å². The molecule has 1 nitrogen and oxygen atoms in total. The number of benzene rings is 3. The highest BCUT2D eigenvalue weighted by Gasteiger charge is 2.06. The summed E-state index contributed by atoms with van der Waals surface area (Å²) in [6.07, 6.45) is 3.42. The average Bonchev–Trinajstić information content (AvgIpc) is 2.72. The van der Waals surface area contributed by atoms with E-state index in [0.29, 0.717) is 17.7 Å². The molecule has 3 rings (SSSR count). The summed E-state index contributed by atoms with van der Waals surface area (Å²) >= 11 is 0. The van der Waals surface area contributed by atoms with Gasteiger partial charge in [-0.15, -0.1) is 0 Å². The zero-order valence-electron chi connectivity index (χ0n) is 16.5. The minimum atomic E-state index is -0.250. The molecule has 2 heteroatoms. The third-order valence-electron chi connectivity index (χ3n) is 4.57. The van der Waals surface area contributed by atoms with Crippen LogP contribution in [0.4, 0.5) is 4.39 Å². The first-order valence-electron chi connectivity index (χ1n) is 9.83. The topological polar surface area (TPSA) is 9.23 Å². The fraction of sp³-hybridized carbons (Fsp3) is 0.231. The highest BCUT2D eigenvalue weighted by atomic mass is 19.1. The molecule has 0 aliphatic heterocycles. The SMILES string of the molecule is CCCCc1ccc(-c2ccc(C#Cc3ccc(OCC)cc3)cc2F)cc1. The lowest BCUT2D eigenvalue weighted by atomic mass is 10.00. The molecule has 3 aromatic rings. The third kappa shape index (κ3) is 5.24. The van der Waals surface area contributed by atoms with Gasteiger partial charge < -0.3 is 4.74 Å². The van der Waals surface area contributed by atoms with E-state index in [-0.39, 0.29) is 5.82 Å². The lowest BCUT2D eigenvalue weighted by Gasteiger charge is -2.06. The Morgan fingerprint density at radius 1 is 0.821 bits per heavy atom. The van der Waals surface area contributed by atoms with Gasteiger partial charge in [-0.05, 0) is 67.3 Å². The molecule has 0 aliphatic carbocycles. The Labute approximate surface area is 167 Å². The van der Waals surface area contributed by atoms with Crippen molar-refractivity contribution < 1.29 is 9.13 Å². The molecule has 0 amide bonds. The van der Waals surface area contributed by atoms with Gasteiger partial charge in [-0.25, -0.2) is 4.39 Å². The molecule has 0 unspecified atom stereocenters. The summed E-state index contributed by atoms with van der Waals surface area (Å²) in [7, 11) is 0. The Hall–Kier alpha value is -3.05. The molecule has 142 valence electrons. The number of hydrogen-bond donors (Lipinski definition) is 0. The average molecular weight is 372 g/mol. The van der Waals surface area contributed by atoms with E-state index < -0.39 is 0 Å². The van der Waals surface area contributed by atoms with Crippen LogP contribution in [0.5, 0.6) is 5.75 Å². The highest BCUT2D eigenvalue weighted by Crippen LogP contribution is 2.24. The molecule has 3 aromatic carbocycles. The van der Waals surface area contributed by atoms with Gasteiger partial charge in [-0.2, -0.15) is 0 Å². The van der Waals surface area contributed by atoms with Crippen molar-refractivity contribution in [3.63, 3.8) is 0 Å². The molecule has 0 aliphatic rings. The first kappa shape index (κ1) is 19.7. The Morgan fingerprint density at radius 2 is 1.50 bits per heavy atom. The van der Waals surface area contributed by atoms with Crippen molar-refractivity contribution in [2.75, 3.05) is 6.61 Å². The lowest BCUT2D eigenvalue weighted by Crippen LogP contribution is -1.90. The van der Waals surface area contributed by atoms with E-state index in [1.807, 2.05) is 49.4 Å². The summed E-state index contributed by atoms with van der Waals surface area (Å²) < 4.78 is 20.0. The van der Waals surface area contributed by atoms with Crippen LogP contribution in [-0.2, 0) is 6.42 Å². The van der Waals surface area contributed by atoms with Gasteiger partial charge in [0.1, 0.15) is 11.6 Å². The molecule has 0 spiro atoms. The highest BCUT2D eigenvalue weighted by molar-refractivity contribution is 5.65. The Kier molecular flexibility index (Phi) is 6.87. The molecule has 0 atom stereocenters. The maximum absolute atomic E-state index is 14.6. The third-order valence-corrected chi connectivity index (χ3v) is 4.57. The van der Waals surface area contributed by atoms with Gasteiger partial charge >= 0.3 is 0 Å². The zero-order valence-corrected chi connectivity index (χ0v) is 16.5. The molecule has 0 saturated carbocycles. The van der Waals surface area contributed by atoms with Crippen molar-refractivity contribution in [2.24, 2.45) is 0 Å². The molecular formula is C26H25FO. The predicted octanol–water partition coefficient (Wildman–Crippen LogP) is 6.63. The second kappa shape index (κ2) is 9.76. The van der Waals surface area contributed by atoms with Gasteiger partial charge in [0.15, 0.2) is 0 Å². The monoisotopic (exact) mass is 372 g/mol. The van der Waals surface area contributed by atoms with Crippen LogP contribution in [-0.4, -0.2) is 6.61 Å². The van der Waals surface area contributed by atoms with Crippen LogP contribution in [0.25, 0.3) is 11.1 Å². The molecule has 0 N–H and O–H groups in total. The summed E-state index contributed by atoms with van der Waals surface area (Å²) in [6, 6.07) is 20.9. The molecule has 0 aromatic heterocycles. The van der Waals surface area contributed by atoms with Crippen LogP contribution in [0.2, 0.25) is 0 Å². The van der Waals surface area contributed by atoms with Crippen molar-refractivity contribution >= 4 is 0 Å². The largest absolute Gasteiger partial charge is 0.494 e. The number of halogens is 1. The molecule has 0 saturated heterocycles. The van der Waals surface area contributed by atoms with Crippen LogP contribution < -0.4 is 4.74 Å². The number of ether oxygens (including phenoxy) is 1. The summed E-state index contributed by atoms with van der Waals surface area (Å²) in [5.74, 6) is 6.68. The Balaban J connectivity index is 1.74. The van der Waals surface area contributed by atoms with E-state index >= 15 is 0 Å². The minimum Gasteiger partial charge on any atom is -0.494 e. The van der Waals surface area contributed by atoms with E-state index in [1.54, 1.807) is 6.07 Å². The van der Waals surface area contributed by atoms with Crippen LogP contribution >= 0.6 is 0 Å². The van der Waals surface area contributed by atoms with Crippen molar-refractivity contribution in [1.82, 2.24) is 0 Å². The summed E-state index contributed by atoms with van der Waals surface area (Å²) in [4.78, 5) is 0. The fourth-order valence-corrected chi connectivity index (χ4v) is 3.00.